The lowest BCUT2D eigenvalue weighted by molar-refractivity contribution is -0.385. The van der Waals surface area contributed by atoms with E-state index >= 15 is 0 Å². The zero-order valence-electron chi connectivity index (χ0n) is 16.1. The summed E-state index contributed by atoms with van der Waals surface area (Å²) < 4.78 is 0.855. The molecule has 7 nitrogen and oxygen atoms in total. The van der Waals surface area contributed by atoms with E-state index in [-0.39, 0.29) is 16.9 Å². The molecule has 0 atom stereocenters. The van der Waals surface area contributed by atoms with Gasteiger partial charge in [-0.25, -0.2) is 0 Å². The van der Waals surface area contributed by atoms with E-state index in [9.17, 15) is 25.5 Å². The van der Waals surface area contributed by atoms with Gasteiger partial charge in [0, 0.05) is 40.3 Å². The fraction of sp³-hybridized carbons (Fsp3) is 0. The first-order valence-corrected chi connectivity index (χ1v) is 11.0. The Hall–Kier alpha value is -3.87. The van der Waals surface area contributed by atoms with Crippen molar-refractivity contribution in [1.29, 1.82) is 5.26 Å². The molecule has 1 aliphatic heterocycles. The van der Waals surface area contributed by atoms with Gasteiger partial charge in [0.25, 0.3) is 11.4 Å². The molecule has 0 unspecified atom stereocenters. The van der Waals surface area contributed by atoms with Crippen molar-refractivity contribution in [1.82, 2.24) is 0 Å². The quantitative estimate of drug-likeness (QED) is 0.253. The van der Waals surface area contributed by atoms with E-state index in [1.165, 1.54) is 47.8 Å². The number of benzene rings is 3. The summed E-state index contributed by atoms with van der Waals surface area (Å²) in [6, 6.07) is 19.0. The molecule has 0 spiro atoms. The van der Waals surface area contributed by atoms with Crippen molar-refractivity contribution in [2.24, 2.45) is 0 Å². The molecule has 3 aromatic carbocycles. The number of nitrogens with zero attached hydrogens (tertiary/aromatic N) is 3. The Labute approximate surface area is 190 Å². The Balaban J connectivity index is 1.75. The number of non-ortho nitro benzene ring substituents is 2. The lowest BCUT2D eigenvalue weighted by atomic mass is 9.99. The van der Waals surface area contributed by atoms with Gasteiger partial charge in [0.05, 0.1) is 19.6 Å². The van der Waals surface area contributed by atoms with Gasteiger partial charge >= 0.3 is 0 Å². The van der Waals surface area contributed by atoms with E-state index in [1.807, 2.05) is 35.7 Å². The Kier molecular flexibility index (Phi) is 4.81. The van der Waals surface area contributed by atoms with Crippen molar-refractivity contribution in [2.75, 3.05) is 0 Å². The Bertz CT molecular complexity index is 1440. The minimum atomic E-state index is -0.530. The number of nitro benzene ring substituents is 2. The summed E-state index contributed by atoms with van der Waals surface area (Å²) in [5.74, 6) is 0. The highest BCUT2D eigenvalue weighted by Gasteiger charge is 2.34. The van der Waals surface area contributed by atoms with Crippen LogP contribution >= 0.6 is 23.5 Å². The van der Waals surface area contributed by atoms with Crippen molar-refractivity contribution in [3.8, 4) is 17.2 Å². The molecule has 9 heteroatoms. The molecule has 2 aliphatic rings. The maximum absolute atomic E-state index is 11.5. The third kappa shape index (κ3) is 3.17. The molecule has 1 heterocycles. The predicted octanol–water partition coefficient (Wildman–Crippen LogP) is 6.55. The molecule has 0 saturated heterocycles. The summed E-state index contributed by atoms with van der Waals surface area (Å²) in [6.45, 7) is 0. The van der Waals surface area contributed by atoms with Crippen LogP contribution in [-0.2, 0) is 0 Å². The number of thioether (sulfide) groups is 2. The number of nitro groups is 2. The molecule has 0 radical (unpaired) electrons. The van der Waals surface area contributed by atoms with E-state index in [4.69, 9.17) is 0 Å². The van der Waals surface area contributed by atoms with Gasteiger partial charge in [-0.15, -0.1) is 0 Å². The van der Waals surface area contributed by atoms with Gasteiger partial charge in [-0.1, -0.05) is 53.9 Å². The molecule has 0 aromatic heterocycles. The van der Waals surface area contributed by atoms with Crippen LogP contribution in [0.15, 0.2) is 70.3 Å². The topological polar surface area (TPSA) is 110 Å². The second-order valence-electron chi connectivity index (χ2n) is 7.00. The smallest absolute Gasteiger partial charge is 0.258 e. The minimum absolute atomic E-state index is 0.0769. The summed E-state index contributed by atoms with van der Waals surface area (Å²) in [5.41, 5.74) is 3.99. The van der Waals surface area contributed by atoms with Crippen LogP contribution in [0.2, 0.25) is 0 Å². The van der Waals surface area contributed by atoms with Crippen molar-refractivity contribution in [3.05, 3.63) is 113 Å². The first-order valence-electron chi connectivity index (χ1n) is 9.34. The van der Waals surface area contributed by atoms with Crippen molar-refractivity contribution < 1.29 is 9.85 Å². The third-order valence-corrected chi connectivity index (χ3v) is 7.64. The van der Waals surface area contributed by atoms with Crippen LogP contribution in [-0.4, -0.2) is 9.85 Å². The lowest BCUT2D eigenvalue weighted by Gasteiger charge is -2.08. The molecule has 3 aromatic rings. The van der Waals surface area contributed by atoms with Gasteiger partial charge in [-0.2, -0.15) is 5.26 Å². The second kappa shape index (κ2) is 7.67. The van der Waals surface area contributed by atoms with E-state index in [2.05, 4.69) is 6.07 Å². The normalized spacial score (nSPS) is 16.2. The fourth-order valence-electron chi connectivity index (χ4n) is 3.84. The van der Waals surface area contributed by atoms with E-state index in [0.29, 0.717) is 27.8 Å². The molecule has 0 bridgehead atoms. The highest BCUT2D eigenvalue weighted by Crippen LogP contribution is 2.58. The van der Waals surface area contributed by atoms with E-state index < -0.39 is 9.85 Å². The number of nitriles is 1. The van der Waals surface area contributed by atoms with E-state index in [1.54, 1.807) is 6.07 Å². The summed E-state index contributed by atoms with van der Waals surface area (Å²) in [6.07, 6.45) is 0. The van der Waals surface area contributed by atoms with Crippen molar-refractivity contribution >= 4 is 45.4 Å². The first-order chi connectivity index (χ1) is 15.5. The molecule has 154 valence electrons. The van der Waals surface area contributed by atoms with Crippen LogP contribution in [0.5, 0.6) is 0 Å². The molecular formula is C23H11N3O4S2. The zero-order valence-corrected chi connectivity index (χ0v) is 17.8. The maximum atomic E-state index is 11.5. The average Bonchev–Trinajstić information content (AvgIpc) is 3.41. The molecule has 0 N–H and O–H groups in total. The molecule has 32 heavy (non-hydrogen) atoms. The Morgan fingerprint density at radius 2 is 1.56 bits per heavy atom. The van der Waals surface area contributed by atoms with Gasteiger partial charge in [0.1, 0.15) is 6.07 Å². The Morgan fingerprint density at radius 1 is 0.844 bits per heavy atom. The van der Waals surface area contributed by atoms with Gasteiger partial charge in [-0.05, 0) is 33.7 Å². The van der Waals surface area contributed by atoms with Crippen LogP contribution < -0.4 is 0 Å². The summed E-state index contributed by atoms with van der Waals surface area (Å²) >= 11 is 2.98. The molecule has 5 rings (SSSR count). The van der Waals surface area contributed by atoms with Gasteiger partial charge < -0.3 is 0 Å². The van der Waals surface area contributed by atoms with Crippen LogP contribution in [0.1, 0.15) is 22.3 Å². The van der Waals surface area contributed by atoms with Crippen molar-refractivity contribution in [2.45, 2.75) is 0 Å². The Morgan fingerprint density at radius 3 is 2.25 bits per heavy atom. The van der Waals surface area contributed by atoms with E-state index in [0.717, 1.165) is 14.7 Å². The van der Waals surface area contributed by atoms with Crippen LogP contribution in [0, 0.1) is 31.6 Å². The standard InChI is InChI=1S/C23H11N3O4S2/c24-11-14-8-16(26(29)30)10-19-21(14)17-7-6-15(25(27)28)9-18(17)22(19)23-31-12-20(32-23)13-4-2-1-3-5-13/h1-10,12H/b23-22+. The summed E-state index contributed by atoms with van der Waals surface area (Å²) in [7, 11) is 0. The summed E-state index contributed by atoms with van der Waals surface area (Å²) in [5, 5.41) is 34.7. The molecule has 0 saturated carbocycles. The monoisotopic (exact) mass is 457 g/mol. The molecule has 1 aliphatic carbocycles. The lowest BCUT2D eigenvalue weighted by Crippen LogP contribution is -1.93. The first kappa shape index (κ1) is 20.1. The minimum Gasteiger partial charge on any atom is -0.258 e. The van der Waals surface area contributed by atoms with Gasteiger partial charge in [0.2, 0.25) is 0 Å². The second-order valence-corrected chi connectivity index (χ2v) is 9.19. The summed E-state index contributed by atoms with van der Waals surface area (Å²) in [4.78, 5) is 23.0. The maximum Gasteiger partial charge on any atom is 0.271 e. The predicted molar refractivity (Wildman–Crippen MR) is 126 cm³/mol. The highest BCUT2D eigenvalue weighted by molar-refractivity contribution is 8.31. The molecule has 0 amide bonds. The number of hydrogen-bond acceptors (Lipinski definition) is 7. The zero-order chi connectivity index (χ0) is 22.4. The van der Waals surface area contributed by atoms with Gasteiger partial charge in [0.15, 0.2) is 0 Å². The third-order valence-electron chi connectivity index (χ3n) is 5.21. The van der Waals surface area contributed by atoms with Crippen LogP contribution in [0.4, 0.5) is 11.4 Å². The highest BCUT2D eigenvalue weighted by atomic mass is 32.2. The number of rotatable bonds is 3. The largest absolute Gasteiger partial charge is 0.271 e. The van der Waals surface area contributed by atoms with Crippen LogP contribution in [0.3, 0.4) is 0 Å². The van der Waals surface area contributed by atoms with Crippen LogP contribution in [0.25, 0.3) is 21.6 Å². The fourth-order valence-corrected chi connectivity index (χ4v) is 6.24. The average molecular weight is 457 g/mol. The number of fused-ring (bicyclic) bond motifs is 3. The van der Waals surface area contributed by atoms with Crippen molar-refractivity contribution in [3.63, 3.8) is 0 Å². The molecular weight excluding hydrogens is 446 g/mol. The molecule has 0 fully saturated rings. The SMILES string of the molecule is N#Cc1cc([N+](=O)[O-])cc2c1-c1ccc([N+](=O)[O-])cc1/C2=C1/SC=C(c2ccccc2)S1. The van der Waals surface area contributed by atoms with Gasteiger partial charge in [-0.3, -0.25) is 20.2 Å². The number of hydrogen-bond donors (Lipinski definition) is 0.